The Balaban J connectivity index is 0. The van der Waals surface area contributed by atoms with Crippen LogP contribution in [0.1, 0.15) is 19.8 Å². The molecule has 0 radical (unpaired) electrons. The maximum absolute atomic E-state index is 10.9. The first-order valence-electron chi connectivity index (χ1n) is 4.49. The molecule has 0 amide bonds. The predicted molar refractivity (Wildman–Crippen MR) is 53.8 cm³/mol. The van der Waals surface area contributed by atoms with E-state index in [2.05, 4.69) is 8.83 Å². The molecule has 0 spiro atoms. The Kier molecular flexibility index (Phi) is 8.98. The van der Waals surface area contributed by atoms with Crippen LogP contribution < -0.4 is 24.0 Å². The molecule has 2 unspecified atom stereocenters. The topological polar surface area (TPSA) is 174 Å². The predicted octanol–water partition coefficient (Wildman–Crippen LogP) is -4.50. The Morgan fingerprint density at radius 2 is 1.79 bits per heavy atom. The number of phosphoric ester groups is 1. The summed E-state index contributed by atoms with van der Waals surface area (Å²) in [6.07, 6.45) is -1.11. The minimum absolute atomic E-state index is 0. The zero-order valence-electron chi connectivity index (χ0n) is 10.3. The minimum Gasteiger partial charge on any atom is -0.550 e. The first-order valence-corrected chi connectivity index (χ1v) is 7.52. The van der Waals surface area contributed by atoms with Crippen LogP contribution in [0.15, 0.2) is 0 Å². The molecule has 0 aliphatic rings. The SMILES string of the molecule is CC(O)(CCOP(=O)(O)OP(=O)(O)O)CC(=O)[O-].[Li+]. The standard InChI is InChI=1S/C6H14O10P2.Li/c1-6(9,4-5(7)8)2-3-15-18(13,14)16-17(10,11)12;/h9H,2-4H2,1H3,(H,7,8)(H,13,14)(H2,10,11,12);/q;+1/p-1. The normalized spacial score (nSPS) is 17.9. The summed E-state index contributed by atoms with van der Waals surface area (Å²) in [6.45, 7) is 0.479. The van der Waals surface area contributed by atoms with Crippen molar-refractivity contribution in [3.63, 3.8) is 0 Å². The molecule has 0 aromatic rings. The van der Waals surface area contributed by atoms with E-state index in [1.807, 2.05) is 0 Å². The van der Waals surface area contributed by atoms with Crippen molar-refractivity contribution in [1.29, 1.82) is 0 Å². The Bertz CT molecular complexity index is 389. The molecule has 0 aliphatic heterocycles. The van der Waals surface area contributed by atoms with Crippen molar-refractivity contribution >= 4 is 21.6 Å². The molecule has 0 rings (SSSR count). The van der Waals surface area contributed by atoms with Crippen LogP contribution in [0.4, 0.5) is 0 Å². The van der Waals surface area contributed by atoms with E-state index in [0.29, 0.717) is 0 Å². The number of carboxylic acids is 1. The van der Waals surface area contributed by atoms with Crippen LogP contribution in [0, 0.1) is 0 Å². The van der Waals surface area contributed by atoms with Crippen molar-refractivity contribution in [3.8, 4) is 0 Å². The zero-order chi connectivity index (χ0) is 14.6. The first kappa shape index (κ1) is 21.6. The van der Waals surface area contributed by atoms with E-state index in [0.717, 1.165) is 6.92 Å². The van der Waals surface area contributed by atoms with Crippen LogP contribution in [-0.2, 0) is 22.8 Å². The van der Waals surface area contributed by atoms with E-state index in [1.54, 1.807) is 0 Å². The molecule has 0 fully saturated rings. The van der Waals surface area contributed by atoms with Crippen LogP contribution in [0.3, 0.4) is 0 Å². The molecule has 0 saturated carbocycles. The largest absolute Gasteiger partial charge is 1.00 e. The molecule has 0 aromatic heterocycles. The number of hydrogen-bond donors (Lipinski definition) is 4. The number of carbonyl (C=O) groups is 1. The number of hydrogen-bond acceptors (Lipinski definition) is 7. The van der Waals surface area contributed by atoms with Crippen LogP contribution in [0.5, 0.6) is 0 Å². The number of phosphoric acid groups is 2. The summed E-state index contributed by atoms with van der Waals surface area (Å²) in [7, 11) is -10.2. The van der Waals surface area contributed by atoms with Gasteiger partial charge in [-0.25, -0.2) is 9.13 Å². The van der Waals surface area contributed by atoms with Gasteiger partial charge in [0.05, 0.1) is 12.2 Å². The summed E-state index contributed by atoms with van der Waals surface area (Å²) < 4.78 is 28.8. The van der Waals surface area contributed by atoms with Crippen molar-refractivity contribution < 1.29 is 66.5 Å². The molecule has 0 saturated heterocycles. The molecule has 0 aromatic carbocycles. The minimum atomic E-state index is -5.20. The van der Waals surface area contributed by atoms with Gasteiger partial charge in [0.15, 0.2) is 0 Å². The molecule has 2 atom stereocenters. The number of carboxylic acid groups (broad SMARTS) is 1. The van der Waals surface area contributed by atoms with Gasteiger partial charge in [0.25, 0.3) is 0 Å². The summed E-state index contributed by atoms with van der Waals surface area (Å²) in [6, 6.07) is 0. The Morgan fingerprint density at radius 1 is 1.32 bits per heavy atom. The molecule has 13 heteroatoms. The van der Waals surface area contributed by atoms with E-state index >= 15 is 0 Å². The molecule has 0 bridgehead atoms. The number of aliphatic hydroxyl groups is 1. The van der Waals surface area contributed by atoms with Gasteiger partial charge in [-0.15, -0.1) is 0 Å². The average molecular weight is 314 g/mol. The van der Waals surface area contributed by atoms with Gasteiger partial charge in [0.2, 0.25) is 0 Å². The molecule has 0 aliphatic carbocycles. The van der Waals surface area contributed by atoms with E-state index in [4.69, 9.17) is 14.7 Å². The third-order valence-electron chi connectivity index (χ3n) is 1.63. The second-order valence-corrected chi connectivity index (χ2v) is 6.50. The molecule has 10 nitrogen and oxygen atoms in total. The maximum atomic E-state index is 10.9. The van der Waals surface area contributed by atoms with E-state index in [1.165, 1.54) is 0 Å². The Labute approximate surface area is 120 Å². The van der Waals surface area contributed by atoms with Crippen LogP contribution in [0.2, 0.25) is 0 Å². The van der Waals surface area contributed by atoms with E-state index in [-0.39, 0.29) is 25.3 Å². The monoisotopic (exact) mass is 314 g/mol. The first-order chi connectivity index (χ1) is 7.83. The fraction of sp³-hybridized carbons (Fsp3) is 0.833. The van der Waals surface area contributed by atoms with Crippen molar-refractivity contribution in [2.24, 2.45) is 0 Å². The van der Waals surface area contributed by atoms with Crippen LogP contribution in [0.25, 0.3) is 0 Å². The van der Waals surface area contributed by atoms with Crippen molar-refractivity contribution in [3.05, 3.63) is 0 Å². The fourth-order valence-corrected chi connectivity index (χ4v) is 2.52. The average Bonchev–Trinajstić information content (AvgIpc) is 1.93. The van der Waals surface area contributed by atoms with Gasteiger partial charge < -0.3 is 29.7 Å². The zero-order valence-corrected chi connectivity index (χ0v) is 12.0. The summed E-state index contributed by atoms with van der Waals surface area (Å²) in [5.41, 5.74) is -1.75. The van der Waals surface area contributed by atoms with Crippen LogP contribution in [-0.4, -0.2) is 38.0 Å². The number of aliphatic carboxylic acids is 1. The molecule has 0 heterocycles. The third kappa shape index (κ3) is 13.0. The summed E-state index contributed by atoms with van der Waals surface area (Å²) in [5.74, 6) is -1.53. The van der Waals surface area contributed by atoms with Gasteiger partial charge in [-0.05, 0) is 6.92 Å². The molecular formula is C6H13LiO10P2. The Morgan fingerprint density at radius 3 is 2.16 bits per heavy atom. The Hall–Kier alpha value is 0.287. The van der Waals surface area contributed by atoms with Crippen molar-refractivity contribution in [2.45, 2.75) is 25.4 Å². The second-order valence-electron chi connectivity index (χ2n) is 3.67. The van der Waals surface area contributed by atoms with Gasteiger partial charge in [-0.1, -0.05) is 0 Å². The van der Waals surface area contributed by atoms with E-state index < -0.39 is 40.2 Å². The van der Waals surface area contributed by atoms with Crippen molar-refractivity contribution in [1.82, 2.24) is 0 Å². The third-order valence-corrected chi connectivity index (χ3v) is 3.82. The summed E-state index contributed by atoms with van der Waals surface area (Å²) in [4.78, 5) is 35.6. The van der Waals surface area contributed by atoms with Crippen molar-refractivity contribution in [2.75, 3.05) is 6.61 Å². The molecule has 108 valence electrons. The summed E-state index contributed by atoms with van der Waals surface area (Å²) in [5, 5.41) is 19.7. The smallest absolute Gasteiger partial charge is 0.550 e. The van der Waals surface area contributed by atoms with E-state index in [9.17, 15) is 24.1 Å². The summed E-state index contributed by atoms with van der Waals surface area (Å²) >= 11 is 0. The maximum Gasteiger partial charge on any atom is 1.00 e. The van der Waals surface area contributed by atoms with Gasteiger partial charge in [-0.3, -0.25) is 4.52 Å². The quantitative estimate of drug-likeness (QED) is 0.252. The van der Waals surface area contributed by atoms with Crippen LogP contribution >= 0.6 is 15.6 Å². The molecular weight excluding hydrogens is 301 g/mol. The van der Waals surface area contributed by atoms with Gasteiger partial charge in [0.1, 0.15) is 0 Å². The fourth-order valence-electron chi connectivity index (χ4n) is 0.938. The number of carbonyl (C=O) groups excluding carboxylic acids is 1. The van der Waals surface area contributed by atoms with Gasteiger partial charge >= 0.3 is 34.5 Å². The second kappa shape index (κ2) is 7.91. The van der Waals surface area contributed by atoms with Gasteiger partial charge in [0, 0.05) is 18.8 Å². The van der Waals surface area contributed by atoms with Gasteiger partial charge in [-0.2, -0.15) is 4.31 Å². The molecule has 4 N–H and O–H groups in total. The number of rotatable bonds is 8. The molecule has 19 heavy (non-hydrogen) atoms.